The van der Waals surface area contributed by atoms with Crippen LogP contribution in [0.2, 0.25) is 0 Å². The average Bonchev–Trinajstić information content (AvgIpc) is 3.27. The second-order valence-electron chi connectivity index (χ2n) is 8.01. The van der Waals surface area contributed by atoms with E-state index in [0.29, 0.717) is 11.4 Å². The number of para-hydroxylation sites is 1. The molecule has 2 N–H and O–H groups in total. The van der Waals surface area contributed by atoms with E-state index in [4.69, 9.17) is 0 Å². The number of anilines is 2. The molecular formula is C24H29N3O4S. The monoisotopic (exact) mass is 455 g/mol. The van der Waals surface area contributed by atoms with E-state index in [-0.39, 0.29) is 30.0 Å². The number of aryl methyl sites for hydroxylation is 1. The Morgan fingerprint density at radius 3 is 2.25 bits per heavy atom. The van der Waals surface area contributed by atoms with Gasteiger partial charge in [-0.15, -0.1) is 0 Å². The summed E-state index contributed by atoms with van der Waals surface area (Å²) in [4.78, 5) is 39.0. The quantitative estimate of drug-likeness (QED) is 0.608. The van der Waals surface area contributed by atoms with Crippen LogP contribution in [0.1, 0.15) is 31.2 Å². The molecule has 0 spiro atoms. The molecule has 1 atom stereocenters. The fourth-order valence-corrected chi connectivity index (χ4v) is 4.56. The maximum atomic E-state index is 12.9. The van der Waals surface area contributed by atoms with Gasteiger partial charge in [0.1, 0.15) is 18.1 Å². The van der Waals surface area contributed by atoms with Gasteiger partial charge in [-0.1, -0.05) is 48.7 Å². The van der Waals surface area contributed by atoms with Crippen molar-refractivity contribution in [2.75, 3.05) is 28.3 Å². The van der Waals surface area contributed by atoms with Crippen LogP contribution in [0.15, 0.2) is 54.6 Å². The normalized spacial score (nSPS) is 14.5. The molecule has 1 saturated carbocycles. The van der Waals surface area contributed by atoms with E-state index < -0.39 is 22.6 Å². The van der Waals surface area contributed by atoms with Gasteiger partial charge in [0.2, 0.25) is 17.7 Å². The molecule has 7 nitrogen and oxygen atoms in total. The minimum atomic E-state index is -1.71. The van der Waals surface area contributed by atoms with Gasteiger partial charge < -0.3 is 15.5 Å². The first-order chi connectivity index (χ1) is 15.4. The largest absolute Gasteiger partial charge is 0.352 e. The smallest absolute Gasteiger partial charge is 0.240 e. The third kappa shape index (κ3) is 7.30. The van der Waals surface area contributed by atoms with Crippen molar-refractivity contribution >= 4 is 39.9 Å². The Labute approximate surface area is 191 Å². The molecule has 0 heterocycles. The minimum absolute atomic E-state index is 0.147. The van der Waals surface area contributed by atoms with Gasteiger partial charge in [-0.3, -0.25) is 18.6 Å². The molecule has 2 aromatic rings. The predicted octanol–water partition coefficient (Wildman–Crippen LogP) is 2.77. The summed E-state index contributed by atoms with van der Waals surface area (Å²) in [5.41, 5.74) is 2.23. The Bertz CT molecular complexity index is 957. The number of benzene rings is 2. The molecule has 0 aromatic heterocycles. The summed E-state index contributed by atoms with van der Waals surface area (Å²) >= 11 is 0. The Balaban J connectivity index is 1.58. The zero-order chi connectivity index (χ0) is 22.9. The van der Waals surface area contributed by atoms with E-state index in [1.165, 1.54) is 4.90 Å². The molecule has 32 heavy (non-hydrogen) atoms. The molecule has 1 unspecified atom stereocenters. The van der Waals surface area contributed by atoms with Crippen LogP contribution < -0.4 is 15.5 Å². The van der Waals surface area contributed by atoms with E-state index in [9.17, 15) is 18.6 Å². The van der Waals surface area contributed by atoms with Gasteiger partial charge in [0.25, 0.3) is 0 Å². The number of carbonyl (C=O) groups is 3. The van der Waals surface area contributed by atoms with Crippen molar-refractivity contribution in [2.45, 2.75) is 38.6 Å². The summed E-state index contributed by atoms with van der Waals surface area (Å²) < 4.78 is 12.5. The van der Waals surface area contributed by atoms with Gasteiger partial charge in [-0.05, 0) is 44.0 Å². The Morgan fingerprint density at radius 1 is 0.938 bits per heavy atom. The predicted molar refractivity (Wildman–Crippen MR) is 127 cm³/mol. The first-order valence-corrected chi connectivity index (χ1v) is 12.3. The van der Waals surface area contributed by atoms with Crippen LogP contribution in [0.25, 0.3) is 0 Å². The zero-order valence-electron chi connectivity index (χ0n) is 18.2. The highest BCUT2D eigenvalue weighted by molar-refractivity contribution is 7.86. The highest BCUT2D eigenvalue weighted by Crippen LogP contribution is 2.18. The molecule has 170 valence electrons. The van der Waals surface area contributed by atoms with Gasteiger partial charge in [-0.25, -0.2) is 0 Å². The Hall–Kier alpha value is -3.00. The second-order valence-corrected chi connectivity index (χ2v) is 9.46. The lowest BCUT2D eigenvalue weighted by atomic mass is 10.2. The van der Waals surface area contributed by atoms with Crippen LogP contribution in [0.3, 0.4) is 0 Å². The minimum Gasteiger partial charge on any atom is -0.352 e. The third-order valence-corrected chi connectivity index (χ3v) is 6.46. The number of nitrogens with one attached hydrogen (secondary N) is 2. The fraction of sp³-hybridized carbons (Fsp3) is 0.375. The van der Waals surface area contributed by atoms with E-state index in [1.807, 2.05) is 25.1 Å². The highest BCUT2D eigenvalue weighted by Gasteiger charge is 2.24. The van der Waals surface area contributed by atoms with Crippen LogP contribution in [0, 0.1) is 6.92 Å². The summed E-state index contributed by atoms with van der Waals surface area (Å²) in [5.74, 6) is -1.76. The number of hydrogen-bond donors (Lipinski definition) is 2. The molecule has 1 aliphatic rings. The number of rotatable bonds is 9. The molecule has 3 amide bonds. The number of hydrogen-bond acceptors (Lipinski definition) is 4. The maximum Gasteiger partial charge on any atom is 0.240 e. The third-order valence-electron chi connectivity index (χ3n) is 5.30. The highest BCUT2D eigenvalue weighted by atomic mass is 32.2. The average molecular weight is 456 g/mol. The van der Waals surface area contributed by atoms with Gasteiger partial charge in [0, 0.05) is 28.2 Å². The lowest BCUT2D eigenvalue weighted by molar-refractivity contribution is -0.123. The molecule has 1 aliphatic carbocycles. The zero-order valence-corrected chi connectivity index (χ0v) is 19.0. The van der Waals surface area contributed by atoms with Gasteiger partial charge in [-0.2, -0.15) is 0 Å². The van der Waals surface area contributed by atoms with Gasteiger partial charge in [0.15, 0.2) is 0 Å². The Morgan fingerprint density at radius 2 is 1.59 bits per heavy atom. The topological polar surface area (TPSA) is 95.6 Å². The van der Waals surface area contributed by atoms with Crippen molar-refractivity contribution in [3.05, 3.63) is 60.2 Å². The molecular weight excluding hydrogens is 426 g/mol. The van der Waals surface area contributed by atoms with Gasteiger partial charge >= 0.3 is 0 Å². The van der Waals surface area contributed by atoms with Crippen LogP contribution in [-0.4, -0.2) is 46.0 Å². The van der Waals surface area contributed by atoms with Crippen molar-refractivity contribution in [1.29, 1.82) is 0 Å². The number of carbonyl (C=O) groups excluding carboxylic acids is 3. The fourth-order valence-electron chi connectivity index (χ4n) is 3.67. The summed E-state index contributed by atoms with van der Waals surface area (Å²) in [5, 5.41) is 5.66. The standard InChI is InChI=1S/C24H29N3O4S/c1-18-11-13-20(14-12-18)26-23(29)16-32(31)17-24(30)27(21-9-3-2-4-10-21)15-22(28)25-19-7-5-6-8-19/h2-4,9-14,19H,5-8,15-17H2,1H3,(H,25,28)(H,26,29). The van der Waals surface area contributed by atoms with Gasteiger partial charge in [0.05, 0.1) is 0 Å². The van der Waals surface area contributed by atoms with E-state index in [0.717, 1.165) is 31.2 Å². The first-order valence-electron chi connectivity index (χ1n) is 10.8. The molecule has 0 saturated heterocycles. The van der Waals surface area contributed by atoms with E-state index >= 15 is 0 Å². The summed E-state index contributed by atoms with van der Waals surface area (Å²) in [6.45, 7) is 1.80. The van der Waals surface area contributed by atoms with Crippen LogP contribution >= 0.6 is 0 Å². The van der Waals surface area contributed by atoms with Crippen molar-refractivity contribution < 1.29 is 18.6 Å². The maximum absolute atomic E-state index is 12.9. The first kappa shape index (κ1) is 23.7. The molecule has 0 aliphatic heterocycles. The number of nitrogens with zero attached hydrogens (tertiary/aromatic N) is 1. The summed E-state index contributed by atoms with van der Waals surface area (Å²) in [6.07, 6.45) is 4.09. The molecule has 2 aromatic carbocycles. The van der Waals surface area contributed by atoms with E-state index in [2.05, 4.69) is 10.6 Å². The number of amides is 3. The second kappa shape index (κ2) is 11.6. The van der Waals surface area contributed by atoms with Crippen molar-refractivity contribution in [1.82, 2.24) is 5.32 Å². The molecule has 0 radical (unpaired) electrons. The Kier molecular flexibility index (Phi) is 8.56. The SMILES string of the molecule is Cc1ccc(NC(=O)CS(=O)CC(=O)N(CC(=O)NC2CCCC2)c2ccccc2)cc1. The van der Waals surface area contributed by atoms with Crippen molar-refractivity contribution in [3.8, 4) is 0 Å². The lowest BCUT2D eigenvalue weighted by Crippen LogP contribution is -2.45. The van der Waals surface area contributed by atoms with Crippen LogP contribution in [0.5, 0.6) is 0 Å². The van der Waals surface area contributed by atoms with E-state index in [1.54, 1.807) is 36.4 Å². The van der Waals surface area contributed by atoms with Crippen LogP contribution in [-0.2, 0) is 25.2 Å². The molecule has 3 rings (SSSR count). The molecule has 1 fully saturated rings. The molecule has 0 bridgehead atoms. The lowest BCUT2D eigenvalue weighted by Gasteiger charge is -2.23. The van der Waals surface area contributed by atoms with Crippen molar-refractivity contribution in [2.24, 2.45) is 0 Å². The summed E-state index contributed by atoms with van der Waals surface area (Å²) in [6, 6.07) is 16.2. The molecule has 8 heteroatoms. The summed E-state index contributed by atoms with van der Waals surface area (Å²) in [7, 11) is -1.71. The van der Waals surface area contributed by atoms with Crippen LogP contribution in [0.4, 0.5) is 11.4 Å². The van der Waals surface area contributed by atoms with Crippen molar-refractivity contribution in [3.63, 3.8) is 0 Å².